The molecule has 4 rings (SSSR count). The van der Waals surface area contributed by atoms with Crippen molar-refractivity contribution in [3.05, 3.63) is 89.4 Å². The maximum atomic E-state index is 13.5. The van der Waals surface area contributed by atoms with Gasteiger partial charge in [0.05, 0.1) is 12.3 Å². The first-order valence-electron chi connectivity index (χ1n) is 12.3. The molecule has 3 aromatic rings. The van der Waals surface area contributed by atoms with Crippen LogP contribution in [0.4, 0.5) is 10.5 Å². The van der Waals surface area contributed by atoms with Gasteiger partial charge in [-0.05, 0) is 48.6 Å². The van der Waals surface area contributed by atoms with Crippen LogP contribution in [0.2, 0.25) is 5.02 Å². The Morgan fingerprint density at radius 1 is 1.00 bits per heavy atom. The Morgan fingerprint density at radius 3 is 2.40 bits per heavy atom. The predicted molar refractivity (Wildman–Crippen MR) is 144 cm³/mol. The van der Waals surface area contributed by atoms with Crippen LogP contribution in [-0.2, 0) is 11.2 Å². The number of carbonyl (C=O) groups excluding carboxylic acids is 1. The SMILES string of the molecule is COCCN(C(=O)Nc1ccccc1-c1ccccc1)C1CCN(CCc2ccc(Cl)cc2)CC1. The van der Waals surface area contributed by atoms with Gasteiger partial charge in [0.15, 0.2) is 0 Å². The van der Waals surface area contributed by atoms with Crippen molar-refractivity contribution < 1.29 is 9.53 Å². The van der Waals surface area contributed by atoms with Gasteiger partial charge in [0.25, 0.3) is 0 Å². The van der Waals surface area contributed by atoms with E-state index in [1.807, 2.05) is 59.5 Å². The summed E-state index contributed by atoms with van der Waals surface area (Å²) in [6.07, 6.45) is 2.92. The largest absolute Gasteiger partial charge is 0.383 e. The Morgan fingerprint density at radius 2 is 1.69 bits per heavy atom. The van der Waals surface area contributed by atoms with E-state index in [1.165, 1.54) is 5.56 Å². The van der Waals surface area contributed by atoms with Gasteiger partial charge in [0, 0.05) is 49.9 Å². The molecule has 1 aliphatic heterocycles. The lowest BCUT2D eigenvalue weighted by molar-refractivity contribution is 0.101. The highest BCUT2D eigenvalue weighted by atomic mass is 35.5. The molecule has 0 aliphatic carbocycles. The zero-order valence-electron chi connectivity index (χ0n) is 20.3. The monoisotopic (exact) mass is 491 g/mol. The van der Waals surface area contributed by atoms with Gasteiger partial charge < -0.3 is 19.9 Å². The molecule has 0 radical (unpaired) electrons. The van der Waals surface area contributed by atoms with Gasteiger partial charge in [-0.2, -0.15) is 0 Å². The molecule has 3 aromatic carbocycles. The van der Waals surface area contributed by atoms with Crippen molar-refractivity contribution >= 4 is 23.3 Å². The molecule has 1 N–H and O–H groups in total. The third-order valence-electron chi connectivity index (χ3n) is 6.68. The average molecular weight is 492 g/mol. The van der Waals surface area contributed by atoms with Crippen LogP contribution in [0, 0.1) is 0 Å². The quantitative estimate of drug-likeness (QED) is 0.388. The number of nitrogens with zero attached hydrogens (tertiary/aromatic N) is 2. The van der Waals surface area contributed by atoms with E-state index in [9.17, 15) is 4.79 Å². The molecule has 0 atom stereocenters. The van der Waals surface area contributed by atoms with Crippen LogP contribution in [0.3, 0.4) is 0 Å². The minimum absolute atomic E-state index is 0.0648. The lowest BCUT2D eigenvalue weighted by atomic mass is 10.0. The predicted octanol–water partition coefficient (Wildman–Crippen LogP) is 6.19. The molecule has 0 unspecified atom stereocenters. The van der Waals surface area contributed by atoms with Crippen molar-refractivity contribution in [1.29, 1.82) is 0 Å². The van der Waals surface area contributed by atoms with E-state index in [-0.39, 0.29) is 12.1 Å². The van der Waals surface area contributed by atoms with Gasteiger partial charge in [0.2, 0.25) is 0 Å². The molecular weight excluding hydrogens is 458 g/mol. The molecule has 184 valence electrons. The summed E-state index contributed by atoms with van der Waals surface area (Å²) in [4.78, 5) is 17.9. The highest BCUT2D eigenvalue weighted by Gasteiger charge is 2.28. The second-order valence-electron chi connectivity index (χ2n) is 8.98. The standard InChI is InChI=1S/C29H34ClN3O2/c1-35-22-21-33(26-16-19-32(20-17-26)18-15-23-11-13-25(30)14-12-23)29(34)31-28-10-6-5-9-27(28)24-7-3-2-4-8-24/h2-14,26H,15-22H2,1H3,(H,31,34). The lowest BCUT2D eigenvalue weighted by Crippen LogP contribution is -2.50. The van der Waals surface area contributed by atoms with Crippen LogP contribution in [-0.4, -0.2) is 61.8 Å². The average Bonchev–Trinajstić information content (AvgIpc) is 2.90. The van der Waals surface area contributed by atoms with Gasteiger partial charge in [-0.15, -0.1) is 0 Å². The highest BCUT2D eigenvalue weighted by molar-refractivity contribution is 6.30. The van der Waals surface area contributed by atoms with Crippen LogP contribution in [0.15, 0.2) is 78.9 Å². The number of hydrogen-bond donors (Lipinski definition) is 1. The number of anilines is 1. The summed E-state index contributed by atoms with van der Waals surface area (Å²) in [7, 11) is 1.68. The van der Waals surface area contributed by atoms with Crippen LogP contribution in [0.1, 0.15) is 18.4 Å². The number of carbonyl (C=O) groups is 1. The number of ether oxygens (including phenoxy) is 1. The summed E-state index contributed by atoms with van der Waals surface area (Å²) in [6.45, 7) is 4.07. The van der Waals surface area contributed by atoms with Crippen molar-refractivity contribution in [2.24, 2.45) is 0 Å². The first-order chi connectivity index (χ1) is 17.1. The number of likely N-dealkylation sites (tertiary alicyclic amines) is 1. The second-order valence-corrected chi connectivity index (χ2v) is 9.41. The fraction of sp³-hybridized carbons (Fsp3) is 0.345. The number of hydrogen-bond acceptors (Lipinski definition) is 3. The number of piperidine rings is 1. The van der Waals surface area contributed by atoms with Gasteiger partial charge >= 0.3 is 6.03 Å². The third kappa shape index (κ3) is 7.07. The zero-order valence-corrected chi connectivity index (χ0v) is 21.1. The van der Waals surface area contributed by atoms with Gasteiger partial charge in [-0.3, -0.25) is 0 Å². The van der Waals surface area contributed by atoms with Crippen LogP contribution in [0.25, 0.3) is 11.1 Å². The lowest BCUT2D eigenvalue weighted by Gasteiger charge is -2.38. The van der Waals surface area contributed by atoms with Crippen molar-refractivity contribution in [2.45, 2.75) is 25.3 Å². The van der Waals surface area contributed by atoms with Crippen LogP contribution in [0.5, 0.6) is 0 Å². The molecule has 35 heavy (non-hydrogen) atoms. The number of halogens is 1. The van der Waals surface area contributed by atoms with E-state index in [0.29, 0.717) is 13.2 Å². The molecule has 5 nitrogen and oxygen atoms in total. The van der Waals surface area contributed by atoms with Crippen molar-refractivity contribution in [3.8, 4) is 11.1 Å². The molecule has 1 saturated heterocycles. The summed E-state index contributed by atoms with van der Waals surface area (Å²) in [5, 5.41) is 3.96. The second kappa shape index (κ2) is 12.7. The Balaban J connectivity index is 1.37. The molecule has 1 aliphatic rings. The number of methoxy groups -OCH3 is 1. The fourth-order valence-corrected chi connectivity index (χ4v) is 4.81. The summed E-state index contributed by atoms with van der Waals surface area (Å²) >= 11 is 6.00. The number of urea groups is 1. The first-order valence-corrected chi connectivity index (χ1v) is 12.7. The molecular formula is C29H34ClN3O2. The van der Waals surface area contributed by atoms with E-state index in [2.05, 4.69) is 34.5 Å². The zero-order chi connectivity index (χ0) is 24.5. The summed E-state index contributed by atoms with van der Waals surface area (Å²) in [5.74, 6) is 0. The number of para-hydroxylation sites is 1. The van der Waals surface area contributed by atoms with E-state index in [4.69, 9.17) is 16.3 Å². The smallest absolute Gasteiger partial charge is 0.322 e. The Kier molecular flexibility index (Phi) is 9.18. The van der Waals surface area contributed by atoms with Gasteiger partial charge in [-0.25, -0.2) is 4.79 Å². The summed E-state index contributed by atoms with van der Waals surface area (Å²) in [5.41, 5.74) is 4.23. The Bertz CT molecular complexity index is 1070. The molecule has 6 heteroatoms. The highest BCUT2D eigenvalue weighted by Crippen LogP contribution is 2.28. The topological polar surface area (TPSA) is 44.8 Å². The number of amides is 2. The number of rotatable bonds is 9. The minimum atomic E-state index is -0.0648. The molecule has 0 spiro atoms. The van der Waals surface area contributed by atoms with Crippen molar-refractivity contribution in [3.63, 3.8) is 0 Å². The van der Waals surface area contributed by atoms with E-state index >= 15 is 0 Å². The molecule has 0 saturated carbocycles. The van der Waals surface area contributed by atoms with Crippen LogP contribution < -0.4 is 5.32 Å². The maximum absolute atomic E-state index is 13.5. The van der Waals surface area contributed by atoms with E-state index in [0.717, 1.165) is 60.7 Å². The van der Waals surface area contributed by atoms with E-state index < -0.39 is 0 Å². The number of benzene rings is 3. The number of nitrogens with one attached hydrogen (secondary N) is 1. The van der Waals surface area contributed by atoms with Gasteiger partial charge in [-0.1, -0.05) is 72.3 Å². The Labute approximate surface area is 213 Å². The normalized spacial score (nSPS) is 14.6. The molecule has 0 aromatic heterocycles. The molecule has 1 heterocycles. The maximum Gasteiger partial charge on any atom is 0.322 e. The first kappa shape index (κ1) is 25.2. The van der Waals surface area contributed by atoms with Gasteiger partial charge in [0.1, 0.15) is 0 Å². The molecule has 0 bridgehead atoms. The Hall–Kier alpha value is -2.86. The van der Waals surface area contributed by atoms with E-state index in [1.54, 1.807) is 7.11 Å². The molecule has 2 amide bonds. The minimum Gasteiger partial charge on any atom is -0.383 e. The summed E-state index contributed by atoms with van der Waals surface area (Å²) < 4.78 is 5.33. The van der Waals surface area contributed by atoms with Crippen molar-refractivity contribution in [1.82, 2.24) is 9.80 Å². The molecule has 1 fully saturated rings. The van der Waals surface area contributed by atoms with Crippen molar-refractivity contribution in [2.75, 3.05) is 45.2 Å². The third-order valence-corrected chi connectivity index (χ3v) is 6.93. The fourth-order valence-electron chi connectivity index (χ4n) is 4.68. The van der Waals surface area contributed by atoms with Crippen LogP contribution >= 0.6 is 11.6 Å². The summed E-state index contributed by atoms with van der Waals surface area (Å²) in [6, 6.07) is 26.3.